The Hall–Kier alpha value is -2.54. The lowest BCUT2D eigenvalue weighted by atomic mass is 10.1. The van der Waals surface area contributed by atoms with Gasteiger partial charge in [0.05, 0.1) is 13.2 Å². The van der Waals surface area contributed by atoms with E-state index in [9.17, 15) is 9.59 Å². The molecule has 0 aromatic heterocycles. The Labute approximate surface area is 205 Å². The van der Waals surface area contributed by atoms with Gasteiger partial charge in [-0.15, -0.1) is 0 Å². The Bertz CT molecular complexity index is 919. The van der Waals surface area contributed by atoms with Crippen LogP contribution in [0.4, 0.5) is 0 Å². The maximum absolute atomic E-state index is 13.3. The van der Waals surface area contributed by atoms with Gasteiger partial charge in [0.1, 0.15) is 6.04 Å². The Morgan fingerprint density at radius 2 is 1.73 bits per heavy atom. The van der Waals surface area contributed by atoms with E-state index in [-0.39, 0.29) is 11.8 Å². The third kappa shape index (κ3) is 8.39. The summed E-state index contributed by atoms with van der Waals surface area (Å²) in [5.74, 6) is 1.18. The first kappa shape index (κ1) is 26.7. The number of carbonyl (C=O) groups is 2. The minimum Gasteiger partial charge on any atom is -0.490 e. The van der Waals surface area contributed by atoms with E-state index >= 15 is 0 Å². The molecule has 1 atom stereocenters. The highest BCUT2D eigenvalue weighted by atomic mass is 79.9. The van der Waals surface area contributed by atoms with Gasteiger partial charge in [-0.3, -0.25) is 9.59 Å². The first-order valence-electron chi connectivity index (χ1n) is 11.6. The molecular formula is C26H35BrN2O4. The summed E-state index contributed by atoms with van der Waals surface area (Å²) in [5.41, 5.74) is 1.95. The molecular weight excluding hydrogens is 484 g/mol. The average Bonchev–Trinajstić information content (AvgIpc) is 2.80. The highest BCUT2D eigenvalue weighted by Gasteiger charge is 2.25. The lowest BCUT2D eigenvalue weighted by Crippen LogP contribution is -2.47. The summed E-state index contributed by atoms with van der Waals surface area (Å²) < 4.78 is 12.3. The molecule has 0 aliphatic carbocycles. The number of hydrogen-bond acceptors (Lipinski definition) is 4. The first-order valence-corrected chi connectivity index (χ1v) is 12.4. The van der Waals surface area contributed by atoms with Crippen LogP contribution in [0.5, 0.6) is 11.5 Å². The van der Waals surface area contributed by atoms with E-state index in [1.165, 1.54) is 0 Å². The largest absolute Gasteiger partial charge is 0.490 e. The zero-order valence-electron chi connectivity index (χ0n) is 20.0. The lowest BCUT2D eigenvalue weighted by Gasteiger charge is -2.29. The van der Waals surface area contributed by atoms with Crippen molar-refractivity contribution in [1.29, 1.82) is 0 Å². The number of nitrogens with one attached hydrogen (secondary N) is 1. The predicted octanol–water partition coefficient (Wildman–Crippen LogP) is 5.12. The quantitative estimate of drug-likeness (QED) is 0.399. The SMILES string of the molecule is CCCNC(=O)C(C)N(Cc1cccc(Br)c1)C(=O)CCc1ccc(OCC)c(OCC)c1. The van der Waals surface area contributed by atoms with Gasteiger partial charge in [0.15, 0.2) is 11.5 Å². The summed E-state index contributed by atoms with van der Waals surface area (Å²) in [6, 6.07) is 13.0. The molecule has 0 spiro atoms. The minimum absolute atomic E-state index is 0.0685. The highest BCUT2D eigenvalue weighted by molar-refractivity contribution is 9.10. The summed E-state index contributed by atoms with van der Waals surface area (Å²) in [4.78, 5) is 27.6. The van der Waals surface area contributed by atoms with Gasteiger partial charge in [-0.2, -0.15) is 0 Å². The normalized spacial score (nSPS) is 11.5. The second-order valence-electron chi connectivity index (χ2n) is 7.77. The van der Waals surface area contributed by atoms with Crippen molar-refractivity contribution in [2.24, 2.45) is 0 Å². The van der Waals surface area contributed by atoms with Crippen LogP contribution in [-0.4, -0.2) is 42.5 Å². The monoisotopic (exact) mass is 518 g/mol. The number of halogens is 1. The number of hydrogen-bond donors (Lipinski definition) is 1. The van der Waals surface area contributed by atoms with Crippen molar-refractivity contribution >= 4 is 27.7 Å². The van der Waals surface area contributed by atoms with E-state index in [0.717, 1.165) is 22.0 Å². The zero-order valence-corrected chi connectivity index (χ0v) is 21.6. The third-order valence-corrected chi connectivity index (χ3v) is 5.69. The fourth-order valence-electron chi connectivity index (χ4n) is 3.46. The summed E-state index contributed by atoms with van der Waals surface area (Å²) >= 11 is 3.48. The third-order valence-electron chi connectivity index (χ3n) is 5.19. The number of aryl methyl sites for hydroxylation is 1. The number of benzene rings is 2. The molecule has 7 heteroatoms. The fraction of sp³-hybridized carbons (Fsp3) is 0.462. The van der Waals surface area contributed by atoms with Crippen LogP contribution in [-0.2, 0) is 22.6 Å². The van der Waals surface area contributed by atoms with Crippen molar-refractivity contribution in [3.8, 4) is 11.5 Å². The smallest absolute Gasteiger partial charge is 0.242 e. The van der Waals surface area contributed by atoms with Gasteiger partial charge in [-0.1, -0.05) is 41.1 Å². The van der Waals surface area contributed by atoms with Crippen LogP contribution in [0.2, 0.25) is 0 Å². The molecule has 6 nitrogen and oxygen atoms in total. The second kappa shape index (κ2) is 13.9. The van der Waals surface area contributed by atoms with E-state index in [4.69, 9.17) is 9.47 Å². The van der Waals surface area contributed by atoms with Crippen LogP contribution in [0.1, 0.15) is 51.7 Å². The van der Waals surface area contributed by atoms with Gasteiger partial charge in [-0.05, 0) is 69.0 Å². The number of rotatable bonds is 13. The number of nitrogens with zero attached hydrogens (tertiary/aromatic N) is 1. The molecule has 0 fully saturated rings. The van der Waals surface area contributed by atoms with Crippen molar-refractivity contribution in [3.63, 3.8) is 0 Å². The number of ether oxygens (including phenoxy) is 2. The standard InChI is InChI=1S/C26H35BrN2O4/c1-5-15-28-26(31)19(4)29(18-21-9-8-10-22(27)16-21)25(30)14-12-20-11-13-23(32-6-2)24(17-20)33-7-3/h8-11,13,16-17,19H,5-7,12,14-15,18H2,1-4H3,(H,28,31). The molecule has 1 N–H and O–H groups in total. The van der Waals surface area contributed by atoms with Crippen LogP contribution >= 0.6 is 15.9 Å². The van der Waals surface area contributed by atoms with Crippen molar-refractivity contribution < 1.29 is 19.1 Å². The van der Waals surface area contributed by atoms with E-state index < -0.39 is 6.04 Å². The summed E-state index contributed by atoms with van der Waals surface area (Å²) in [5, 5.41) is 2.91. The van der Waals surface area contributed by atoms with E-state index in [0.29, 0.717) is 50.6 Å². The molecule has 33 heavy (non-hydrogen) atoms. The minimum atomic E-state index is -0.567. The second-order valence-corrected chi connectivity index (χ2v) is 8.68. The highest BCUT2D eigenvalue weighted by Crippen LogP contribution is 2.29. The molecule has 0 bridgehead atoms. The summed E-state index contributed by atoms with van der Waals surface area (Å²) in [6.45, 7) is 9.69. The van der Waals surface area contributed by atoms with Crippen LogP contribution in [0.3, 0.4) is 0 Å². The Balaban J connectivity index is 2.16. The Morgan fingerprint density at radius 3 is 2.39 bits per heavy atom. The Kier molecular flexibility index (Phi) is 11.2. The average molecular weight is 519 g/mol. The molecule has 0 aliphatic heterocycles. The van der Waals surface area contributed by atoms with Gasteiger partial charge < -0.3 is 19.7 Å². The van der Waals surface area contributed by atoms with Gasteiger partial charge in [0, 0.05) is 24.0 Å². The van der Waals surface area contributed by atoms with Crippen molar-refractivity contribution in [2.75, 3.05) is 19.8 Å². The maximum atomic E-state index is 13.3. The van der Waals surface area contributed by atoms with Crippen LogP contribution in [0, 0.1) is 0 Å². The fourth-order valence-corrected chi connectivity index (χ4v) is 3.90. The van der Waals surface area contributed by atoms with Crippen molar-refractivity contribution in [1.82, 2.24) is 10.2 Å². The molecule has 2 amide bonds. The lowest BCUT2D eigenvalue weighted by molar-refractivity contribution is -0.140. The van der Waals surface area contributed by atoms with Crippen molar-refractivity contribution in [2.45, 2.75) is 59.5 Å². The van der Waals surface area contributed by atoms with Gasteiger partial charge in [-0.25, -0.2) is 0 Å². The van der Waals surface area contributed by atoms with Crippen LogP contribution in [0.25, 0.3) is 0 Å². The number of amides is 2. The molecule has 1 unspecified atom stereocenters. The molecule has 2 aromatic rings. The van der Waals surface area contributed by atoms with Crippen LogP contribution in [0.15, 0.2) is 46.9 Å². The molecule has 180 valence electrons. The molecule has 0 saturated heterocycles. The Morgan fingerprint density at radius 1 is 1.00 bits per heavy atom. The van der Waals surface area contributed by atoms with E-state index in [2.05, 4.69) is 21.2 Å². The zero-order chi connectivity index (χ0) is 24.2. The van der Waals surface area contributed by atoms with Crippen molar-refractivity contribution in [3.05, 3.63) is 58.1 Å². The topological polar surface area (TPSA) is 67.9 Å². The van der Waals surface area contributed by atoms with Gasteiger partial charge in [0.2, 0.25) is 11.8 Å². The molecule has 0 radical (unpaired) electrons. The van der Waals surface area contributed by atoms with Gasteiger partial charge >= 0.3 is 0 Å². The molecule has 2 aromatic carbocycles. The molecule has 0 aliphatic rings. The number of carbonyl (C=O) groups excluding carboxylic acids is 2. The van der Waals surface area contributed by atoms with E-state index in [1.54, 1.807) is 11.8 Å². The molecule has 0 heterocycles. The summed E-state index contributed by atoms with van der Waals surface area (Å²) in [7, 11) is 0. The predicted molar refractivity (Wildman–Crippen MR) is 135 cm³/mol. The van der Waals surface area contributed by atoms with Gasteiger partial charge in [0.25, 0.3) is 0 Å². The summed E-state index contributed by atoms with van der Waals surface area (Å²) in [6.07, 6.45) is 1.68. The van der Waals surface area contributed by atoms with Crippen LogP contribution < -0.4 is 14.8 Å². The molecule has 2 rings (SSSR count). The maximum Gasteiger partial charge on any atom is 0.242 e. The van der Waals surface area contributed by atoms with E-state index in [1.807, 2.05) is 63.2 Å². The molecule has 0 saturated carbocycles. The first-order chi connectivity index (χ1) is 15.9.